The van der Waals surface area contributed by atoms with Crippen molar-refractivity contribution in [2.75, 3.05) is 6.61 Å². The van der Waals surface area contributed by atoms with Crippen LogP contribution in [-0.2, 0) is 4.79 Å². The van der Waals surface area contributed by atoms with E-state index in [0.29, 0.717) is 5.75 Å². The van der Waals surface area contributed by atoms with Crippen LogP contribution >= 0.6 is 22.6 Å². The van der Waals surface area contributed by atoms with Gasteiger partial charge in [0.1, 0.15) is 5.75 Å². The Morgan fingerprint density at radius 1 is 1.31 bits per heavy atom. The van der Waals surface area contributed by atoms with Gasteiger partial charge in [0, 0.05) is 9.11 Å². The van der Waals surface area contributed by atoms with Crippen LogP contribution in [-0.4, -0.2) is 18.1 Å². The number of hydrogen-bond donors (Lipinski definition) is 1. The number of nitrogens with one attached hydrogen (secondary N) is 1. The van der Waals surface area contributed by atoms with E-state index in [1.165, 1.54) is 0 Å². The first-order valence-corrected chi connectivity index (χ1v) is 6.14. The average molecular weight is 333 g/mol. The molecule has 1 aromatic carbocycles. The Balaban J connectivity index is 2.40. The van der Waals surface area contributed by atoms with Crippen LogP contribution < -0.4 is 10.1 Å². The maximum absolute atomic E-state index is 11.5. The van der Waals surface area contributed by atoms with E-state index in [2.05, 4.69) is 27.9 Å². The van der Waals surface area contributed by atoms with Crippen molar-refractivity contribution in [3.8, 4) is 5.75 Å². The number of hydrogen-bond acceptors (Lipinski definition) is 2. The van der Waals surface area contributed by atoms with E-state index in [1.807, 2.05) is 45.0 Å². The SMILES string of the molecule is CC(C)(C)NC(=O)COc1ccc(I)cc1. The molecule has 0 radical (unpaired) electrons. The Morgan fingerprint density at radius 3 is 2.38 bits per heavy atom. The molecule has 0 bridgehead atoms. The van der Waals surface area contributed by atoms with E-state index in [4.69, 9.17) is 4.74 Å². The molecule has 1 rings (SSSR count). The molecule has 0 aliphatic rings. The molecular weight excluding hydrogens is 317 g/mol. The predicted molar refractivity (Wildman–Crippen MR) is 72.5 cm³/mol. The van der Waals surface area contributed by atoms with E-state index in [-0.39, 0.29) is 18.1 Å². The zero-order chi connectivity index (χ0) is 12.2. The standard InChI is InChI=1S/C12H16INO2/c1-12(2,3)14-11(15)8-16-10-6-4-9(13)5-7-10/h4-7H,8H2,1-3H3,(H,14,15). The van der Waals surface area contributed by atoms with Crippen LogP contribution in [0.4, 0.5) is 0 Å². The van der Waals surface area contributed by atoms with Crippen LogP contribution in [0, 0.1) is 3.57 Å². The smallest absolute Gasteiger partial charge is 0.258 e. The monoisotopic (exact) mass is 333 g/mol. The lowest BCUT2D eigenvalue weighted by Crippen LogP contribution is -2.43. The summed E-state index contributed by atoms with van der Waals surface area (Å²) in [6.07, 6.45) is 0. The lowest BCUT2D eigenvalue weighted by atomic mass is 10.1. The minimum Gasteiger partial charge on any atom is -0.484 e. The first-order valence-electron chi connectivity index (χ1n) is 5.06. The molecule has 0 aliphatic heterocycles. The number of halogens is 1. The zero-order valence-corrected chi connectivity index (χ0v) is 11.9. The minimum atomic E-state index is -0.216. The second kappa shape index (κ2) is 5.52. The molecule has 0 saturated heterocycles. The summed E-state index contributed by atoms with van der Waals surface area (Å²) >= 11 is 2.22. The van der Waals surface area contributed by atoms with Crippen LogP contribution in [0.1, 0.15) is 20.8 Å². The fourth-order valence-corrected chi connectivity index (χ4v) is 1.49. The number of ether oxygens (including phenoxy) is 1. The van der Waals surface area contributed by atoms with Crippen LogP contribution in [0.2, 0.25) is 0 Å². The normalized spacial score (nSPS) is 11.0. The van der Waals surface area contributed by atoms with Crippen molar-refractivity contribution in [1.82, 2.24) is 5.32 Å². The largest absolute Gasteiger partial charge is 0.484 e. The summed E-state index contributed by atoms with van der Waals surface area (Å²) in [5, 5.41) is 2.84. The van der Waals surface area contributed by atoms with E-state index in [9.17, 15) is 4.79 Å². The Bertz CT molecular complexity index is 354. The van der Waals surface area contributed by atoms with E-state index < -0.39 is 0 Å². The van der Waals surface area contributed by atoms with Crippen molar-refractivity contribution in [3.05, 3.63) is 27.8 Å². The summed E-state index contributed by atoms with van der Waals surface area (Å²) in [5.74, 6) is 0.607. The maximum Gasteiger partial charge on any atom is 0.258 e. The number of carbonyl (C=O) groups is 1. The molecular formula is C12H16INO2. The molecule has 88 valence electrons. The van der Waals surface area contributed by atoms with Gasteiger partial charge in [-0.05, 0) is 67.6 Å². The van der Waals surface area contributed by atoms with Gasteiger partial charge in [-0.2, -0.15) is 0 Å². The van der Waals surface area contributed by atoms with Gasteiger partial charge in [-0.25, -0.2) is 0 Å². The number of carbonyl (C=O) groups excluding carboxylic acids is 1. The molecule has 0 heterocycles. The first-order chi connectivity index (χ1) is 7.37. The highest BCUT2D eigenvalue weighted by molar-refractivity contribution is 14.1. The minimum absolute atomic E-state index is 0.0534. The van der Waals surface area contributed by atoms with Gasteiger partial charge >= 0.3 is 0 Å². The van der Waals surface area contributed by atoms with E-state index in [1.54, 1.807) is 0 Å². The lowest BCUT2D eigenvalue weighted by molar-refractivity contribution is -0.124. The molecule has 0 atom stereocenters. The maximum atomic E-state index is 11.5. The molecule has 1 aromatic rings. The Labute approximate surface area is 110 Å². The van der Waals surface area contributed by atoms with Crippen molar-refractivity contribution >= 4 is 28.5 Å². The van der Waals surface area contributed by atoms with Crippen LogP contribution in [0.5, 0.6) is 5.75 Å². The number of benzene rings is 1. The van der Waals surface area contributed by atoms with Crippen molar-refractivity contribution in [1.29, 1.82) is 0 Å². The van der Waals surface area contributed by atoms with Gasteiger partial charge in [-0.15, -0.1) is 0 Å². The van der Waals surface area contributed by atoms with Crippen molar-refractivity contribution in [2.24, 2.45) is 0 Å². The van der Waals surface area contributed by atoms with Gasteiger partial charge in [-0.3, -0.25) is 4.79 Å². The molecule has 3 nitrogen and oxygen atoms in total. The third-order valence-corrected chi connectivity index (χ3v) is 2.42. The van der Waals surface area contributed by atoms with E-state index in [0.717, 1.165) is 3.57 Å². The Hall–Kier alpha value is -0.780. The topological polar surface area (TPSA) is 38.3 Å². The Morgan fingerprint density at radius 2 is 1.88 bits per heavy atom. The molecule has 0 aliphatic carbocycles. The summed E-state index contributed by atoms with van der Waals surface area (Å²) in [4.78, 5) is 11.5. The molecule has 0 spiro atoms. The van der Waals surface area contributed by atoms with Crippen LogP contribution in [0.25, 0.3) is 0 Å². The van der Waals surface area contributed by atoms with Crippen LogP contribution in [0.15, 0.2) is 24.3 Å². The summed E-state index contributed by atoms with van der Waals surface area (Å²) in [6, 6.07) is 7.59. The molecule has 0 unspecified atom stereocenters. The fourth-order valence-electron chi connectivity index (χ4n) is 1.13. The van der Waals surface area contributed by atoms with E-state index >= 15 is 0 Å². The highest BCUT2D eigenvalue weighted by atomic mass is 127. The zero-order valence-electron chi connectivity index (χ0n) is 9.71. The quantitative estimate of drug-likeness (QED) is 0.864. The first kappa shape index (κ1) is 13.3. The predicted octanol–water partition coefficient (Wildman–Crippen LogP) is 2.58. The lowest BCUT2D eigenvalue weighted by Gasteiger charge is -2.20. The molecule has 4 heteroatoms. The summed E-state index contributed by atoms with van der Waals surface area (Å²) in [5.41, 5.74) is -0.216. The molecule has 16 heavy (non-hydrogen) atoms. The fraction of sp³-hybridized carbons (Fsp3) is 0.417. The van der Waals surface area contributed by atoms with Gasteiger partial charge in [0.05, 0.1) is 0 Å². The van der Waals surface area contributed by atoms with Crippen molar-refractivity contribution in [3.63, 3.8) is 0 Å². The van der Waals surface area contributed by atoms with Gasteiger partial charge in [-0.1, -0.05) is 0 Å². The number of rotatable bonds is 3. The second-order valence-electron chi connectivity index (χ2n) is 4.54. The molecule has 1 N–H and O–H groups in total. The van der Waals surface area contributed by atoms with Crippen molar-refractivity contribution < 1.29 is 9.53 Å². The summed E-state index contributed by atoms with van der Waals surface area (Å²) < 4.78 is 6.50. The van der Waals surface area contributed by atoms with Gasteiger partial charge in [0.25, 0.3) is 5.91 Å². The summed E-state index contributed by atoms with van der Waals surface area (Å²) in [7, 11) is 0. The molecule has 0 aromatic heterocycles. The highest BCUT2D eigenvalue weighted by Crippen LogP contribution is 2.13. The Kier molecular flexibility index (Phi) is 4.58. The van der Waals surface area contributed by atoms with Crippen LogP contribution in [0.3, 0.4) is 0 Å². The highest BCUT2D eigenvalue weighted by Gasteiger charge is 2.13. The number of amides is 1. The average Bonchev–Trinajstić information content (AvgIpc) is 2.14. The van der Waals surface area contributed by atoms with Crippen molar-refractivity contribution in [2.45, 2.75) is 26.3 Å². The summed E-state index contributed by atoms with van der Waals surface area (Å²) in [6.45, 7) is 5.87. The third-order valence-electron chi connectivity index (χ3n) is 1.70. The second-order valence-corrected chi connectivity index (χ2v) is 5.79. The molecule has 1 amide bonds. The van der Waals surface area contributed by atoms with Gasteiger partial charge in [0.15, 0.2) is 6.61 Å². The van der Waals surface area contributed by atoms with Gasteiger partial charge < -0.3 is 10.1 Å². The molecule has 0 saturated carbocycles. The van der Waals surface area contributed by atoms with Gasteiger partial charge in [0.2, 0.25) is 0 Å². The molecule has 0 fully saturated rings. The third kappa shape index (κ3) is 5.34.